The van der Waals surface area contributed by atoms with E-state index in [0.717, 1.165) is 5.56 Å². The van der Waals surface area contributed by atoms with Crippen molar-refractivity contribution in [2.24, 2.45) is 11.8 Å². The third kappa shape index (κ3) is 11.1. The van der Waals surface area contributed by atoms with Crippen LogP contribution in [0.1, 0.15) is 76.6 Å². The molecule has 1 saturated carbocycles. The number of nitrogens with zero attached hydrogens (tertiary/aromatic N) is 3. The normalized spacial score (nSPS) is 17.5. The number of hydrogen-bond acceptors (Lipinski definition) is 12. The highest BCUT2D eigenvalue weighted by molar-refractivity contribution is 5.73. The van der Waals surface area contributed by atoms with Crippen LogP contribution in [0, 0.1) is 18.8 Å². The van der Waals surface area contributed by atoms with Crippen molar-refractivity contribution in [3.8, 4) is 11.3 Å². The summed E-state index contributed by atoms with van der Waals surface area (Å²) in [7, 11) is 0. The van der Waals surface area contributed by atoms with Crippen LogP contribution >= 0.6 is 0 Å². The Balaban J connectivity index is 1.28. The van der Waals surface area contributed by atoms with E-state index in [0.29, 0.717) is 68.3 Å². The van der Waals surface area contributed by atoms with E-state index in [2.05, 4.69) is 20.3 Å². The summed E-state index contributed by atoms with van der Waals surface area (Å²) in [4.78, 5) is 38.4. The number of nitrogens with one attached hydrogen (secondary N) is 1. The molecule has 4 rings (SSSR count). The van der Waals surface area contributed by atoms with Crippen molar-refractivity contribution in [1.82, 2.24) is 15.0 Å². The molecule has 3 aromatic heterocycles. The van der Waals surface area contributed by atoms with E-state index in [-0.39, 0.29) is 30.5 Å². The third-order valence-electron chi connectivity index (χ3n) is 8.39. The van der Waals surface area contributed by atoms with Crippen LogP contribution in [0.25, 0.3) is 11.3 Å². The van der Waals surface area contributed by atoms with E-state index >= 15 is 0 Å². The molecule has 3 aromatic rings. The van der Waals surface area contributed by atoms with Gasteiger partial charge in [0, 0.05) is 44.0 Å². The molecule has 1 atom stereocenters. The number of aryl methyl sites for hydroxylation is 1. The van der Waals surface area contributed by atoms with E-state index < -0.39 is 35.9 Å². The number of esters is 1. The van der Waals surface area contributed by atoms with Crippen molar-refractivity contribution in [3.63, 3.8) is 0 Å². The molecule has 12 nitrogen and oxygen atoms in total. The van der Waals surface area contributed by atoms with Gasteiger partial charge in [0.2, 0.25) is 0 Å². The van der Waals surface area contributed by atoms with Gasteiger partial charge in [-0.05, 0) is 94.3 Å². The molecule has 2 N–H and O–H groups in total. The second-order valence-corrected chi connectivity index (χ2v) is 12.8. The van der Waals surface area contributed by atoms with Gasteiger partial charge in [0.15, 0.2) is 0 Å². The highest BCUT2D eigenvalue weighted by atomic mass is 19.3. The van der Waals surface area contributed by atoms with Gasteiger partial charge >= 0.3 is 12.1 Å². The summed E-state index contributed by atoms with van der Waals surface area (Å²) in [6.07, 6.45) is 1.44. The van der Waals surface area contributed by atoms with Crippen LogP contribution in [0.5, 0.6) is 0 Å². The first-order valence-corrected chi connectivity index (χ1v) is 16.7. The third-order valence-corrected chi connectivity index (χ3v) is 8.39. The Kier molecular flexibility index (Phi) is 13.6. The van der Waals surface area contributed by atoms with Crippen LogP contribution in [-0.2, 0) is 34.1 Å². The van der Waals surface area contributed by atoms with Gasteiger partial charge in [-0.3, -0.25) is 9.78 Å². The Labute approximate surface area is 290 Å². The van der Waals surface area contributed by atoms with Crippen molar-refractivity contribution in [2.75, 3.05) is 38.4 Å². The Bertz CT molecular complexity index is 1560. The minimum Gasteiger partial charge on any atom is -0.432 e. The Hall–Kier alpha value is -4.27. The lowest BCUT2D eigenvalue weighted by Gasteiger charge is -2.37. The van der Waals surface area contributed by atoms with Gasteiger partial charge in [-0.15, -0.1) is 0 Å². The number of pyridine rings is 3. The molecule has 0 amide bonds. The summed E-state index contributed by atoms with van der Waals surface area (Å²) < 4.78 is 52.4. The Morgan fingerprint density at radius 2 is 1.66 bits per heavy atom. The fourth-order valence-electron chi connectivity index (χ4n) is 5.73. The largest absolute Gasteiger partial charge is 0.511 e. The first-order chi connectivity index (χ1) is 23.8. The fourth-order valence-corrected chi connectivity index (χ4v) is 5.73. The summed E-state index contributed by atoms with van der Waals surface area (Å²) in [5.41, 5.74) is 1.28. The number of alkyl halides is 2. The summed E-state index contributed by atoms with van der Waals surface area (Å²) in [5.74, 6) is -1.91. The molecule has 50 heavy (non-hydrogen) atoms. The Morgan fingerprint density at radius 1 is 0.940 bits per heavy atom. The molecule has 0 unspecified atom stereocenters. The lowest BCUT2D eigenvalue weighted by Crippen LogP contribution is -2.40. The Morgan fingerprint density at radius 3 is 2.34 bits per heavy atom. The minimum absolute atomic E-state index is 0.0155. The topological polar surface area (TPSA) is 151 Å². The van der Waals surface area contributed by atoms with Crippen molar-refractivity contribution >= 4 is 23.8 Å². The lowest BCUT2D eigenvalue weighted by atomic mass is 9.73. The smallest absolute Gasteiger partial charge is 0.432 e. The highest BCUT2D eigenvalue weighted by Crippen LogP contribution is 2.41. The molecular formula is C36H46F2N4O8. The molecule has 1 aliphatic rings. The standard InChI is InChI=1S/C36H46F2N4O8/c1-6-46-15-16-47-17-18-48-34(44)50-35(3,4)49-33(43)24-7-10-27(11-8-24)36(5,45)29-12-9-26(22-40-29)28-19-23(2)20-31(41-28)42-30-21-25(32(37)38)13-14-39-30/h9,12-14,19-22,24,27,32,45H,6-8,10-11,15-18H2,1-5H3,(H,39,41,42)/t24?,27?,36-/m1/s1. The number of aliphatic hydroxyl groups is 1. The molecule has 1 aliphatic carbocycles. The van der Waals surface area contributed by atoms with E-state index in [1.165, 1.54) is 32.2 Å². The molecule has 0 aromatic carbocycles. The van der Waals surface area contributed by atoms with Gasteiger partial charge < -0.3 is 34.1 Å². The number of rotatable bonds is 16. The maximum atomic E-state index is 13.1. The lowest BCUT2D eigenvalue weighted by molar-refractivity contribution is -0.206. The van der Waals surface area contributed by atoms with Crippen LogP contribution in [0.4, 0.5) is 25.2 Å². The quantitative estimate of drug-likeness (QED) is 0.0897. The molecular weight excluding hydrogens is 654 g/mol. The van der Waals surface area contributed by atoms with Crippen molar-refractivity contribution in [2.45, 2.75) is 78.1 Å². The first-order valence-electron chi connectivity index (χ1n) is 16.7. The number of anilines is 2. The van der Waals surface area contributed by atoms with Crippen LogP contribution in [0.2, 0.25) is 0 Å². The second kappa shape index (κ2) is 17.6. The molecule has 272 valence electrons. The van der Waals surface area contributed by atoms with E-state index in [9.17, 15) is 23.5 Å². The zero-order valence-electron chi connectivity index (χ0n) is 29.1. The number of halogens is 2. The molecule has 0 radical (unpaired) electrons. The predicted octanol–water partition coefficient (Wildman–Crippen LogP) is 7.03. The van der Waals surface area contributed by atoms with E-state index in [1.54, 1.807) is 25.3 Å². The molecule has 1 fully saturated rings. The summed E-state index contributed by atoms with van der Waals surface area (Å²) in [6.45, 7) is 10.0. The van der Waals surface area contributed by atoms with Crippen LogP contribution in [0.15, 0.2) is 48.8 Å². The molecule has 3 heterocycles. The summed E-state index contributed by atoms with van der Waals surface area (Å²) >= 11 is 0. The second-order valence-electron chi connectivity index (χ2n) is 12.8. The maximum absolute atomic E-state index is 13.1. The minimum atomic E-state index is -2.61. The highest BCUT2D eigenvalue weighted by Gasteiger charge is 2.40. The van der Waals surface area contributed by atoms with Gasteiger partial charge in [0.25, 0.3) is 12.2 Å². The predicted molar refractivity (Wildman–Crippen MR) is 180 cm³/mol. The van der Waals surface area contributed by atoms with Crippen LogP contribution in [-0.4, -0.2) is 71.0 Å². The average Bonchev–Trinajstić information content (AvgIpc) is 3.07. The van der Waals surface area contributed by atoms with Gasteiger partial charge in [0.05, 0.1) is 37.1 Å². The number of aromatic nitrogens is 3. The van der Waals surface area contributed by atoms with Crippen LogP contribution in [0.3, 0.4) is 0 Å². The van der Waals surface area contributed by atoms with Crippen molar-refractivity contribution in [3.05, 3.63) is 65.6 Å². The first kappa shape index (κ1) is 38.5. The molecule has 0 bridgehead atoms. The van der Waals surface area contributed by atoms with Crippen LogP contribution < -0.4 is 5.32 Å². The SMILES string of the molecule is CCOCCOCCOC(=O)OC(C)(C)OC(=O)C1CCC([C@@](C)(O)c2ccc(-c3cc(C)cc(Nc4cc(C(F)F)ccn4)n3)cn2)CC1. The van der Waals surface area contributed by atoms with E-state index in [1.807, 2.05) is 26.0 Å². The van der Waals surface area contributed by atoms with Gasteiger partial charge in [-0.1, -0.05) is 0 Å². The maximum Gasteiger partial charge on any atom is 0.511 e. The molecule has 0 aliphatic heterocycles. The summed E-state index contributed by atoms with van der Waals surface area (Å²) in [6, 6.07) is 9.78. The van der Waals surface area contributed by atoms with Gasteiger partial charge in [0.1, 0.15) is 23.8 Å². The number of ether oxygens (including phenoxy) is 5. The number of hydrogen-bond donors (Lipinski definition) is 2. The van der Waals surface area contributed by atoms with Crippen molar-refractivity contribution < 1.29 is 47.2 Å². The number of carbonyl (C=O) groups excluding carboxylic acids is 2. The molecule has 14 heteroatoms. The monoisotopic (exact) mass is 700 g/mol. The number of carbonyl (C=O) groups is 2. The zero-order valence-corrected chi connectivity index (χ0v) is 29.1. The molecule has 0 saturated heterocycles. The zero-order chi connectivity index (χ0) is 36.3. The fraction of sp³-hybridized carbons (Fsp3) is 0.528. The molecule has 0 spiro atoms. The van der Waals surface area contributed by atoms with E-state index in [4.69, 9.17) is 23.7 Å². The van der Waals surface area contributed by atoms with Gasteiger partial charge in [-0.25, -0.2) is 23.5 Å². The summed E-state index contributed by atoms with van der Waals surface area (Å²) in [5, 5.41) is 14.6. The van der Waals surface area contributed by atoms with Gasteiger partial charge in [-0.2, -0.15) is 0 Å². The average molecular weight is 701 g/mol. The van der Waals surface area contributed by atoms with Crippen molar-refractivity contribution in [1.29, 1.82) is 0 Å².